The summed E-state index contributed by atoms with van der Waals surface area (Å²) in [6.45, 7) is 1.74. The highest BCUT2D eigenvalue weighted by molar-refractivity contribution is 5.66. The Morgan fingerprint density at radius 2 is 1.13 bits per heavy atom. The molecule has 0 saturated heterocycles. The first-order valence-electron chi connectivity index (χ1n) is 9.95. The van der Waals surface area contributed by atoms with Crippen LogP contribution in [-0.4, -0.2) is 25.1 Å². The van der Waals surface area contributed by atoms with E-state index in [0.717, 1.165) is 29.3 Å². The van der Waals surface area contributed by atoms with Gasteiger partial charge in [0.15, 0.2) is 0 Å². The zero-order valence-electron chi connectivity index (χ0n) is 17.7. The van der Waals surface area contributed by atoms with Gasteiger partial charge in [0.05, 0.1) is 0 Å². The average molecular weight is 417 g/mol. The first-order valence-corrected chi connectivity index (χ1v) is 9.95. The lowest BCUT2D eigenvalue weighted by Gasteiger charge is -1.94. The van der Waals surface area contributed by atoms with Crippen molar-refractivity contribution in [2.75, 3.05) is 6.61 Å². The number of esters is 1. The van der Waals surface area contributed by atoms with Gasteiger partial charge in [0.1, 0.15) is 19.2 Å². The Balaban J connectivity index is 0.000000239. The Morgan fingerprint density at radius 1 is 0.710 bits per heavy atom. The molecule has 0 bridgehead atoms. The van der Waals surface area contributed by atoms with Crippen molar-refractivity contribution in [3.05, 3.63) is 114 Å². The molecule has 0 fully saturated rings. The molecule has 4 nitrogen and oxygen atoms in total. The second kappa shape index (κ2) is 17.1. The Kier molecular flexibility index (Phi) is 13.9. The van der Waals surface area contributed by atoms with E-state index in [1.165, 1.54) is 6.92 Å². The molecule has 0 aliphatic carbocycles. The summed E-state index contributed by atoms with van der Waals surface area (Å²) in [6.07, 6.45) is 6.62. The topological polar surface area (TPSA) is 60.4 Å². The SMILES string of the molecule is CC(=O)OCC=Cc1ccccc1.O=CCc1ccccc1.O=CCc1ccccc1. The van der Waals surface area contributed by atoms with Crippen LogP contribution in [0.5, 0.6) is 0 Å². The van der Waals surface area contributed by atoms with Crippen LogP contribution in [0.15, 0.2) is 97.1 Å². The number of ether oxygens (including phenoxy) is 1. The fraction of sp³-hybridized carbons (Fsp3) is 0.148. The zero-order chi connectivity index (χ0) is 22.6. The van der Waals surface area contributed by atoms with Gasteiger partial charge in [-0.2, -0.15) is 0 Å². The molecule has 3 aromatic carbocycles. The van der Waals surface area contributed by atoms with E-state index < -0.39 is 0 Å². The third-order valence-corrected chi connectivity index (χ3v) is 3.82. The summed E-state index contributed by atoms with van der Waals surface area (Å²) >= 11 is 0. The minimum atomic E-state index is -0.252. The van der Waals surface area contributed by atoms with E-state index in [2.05, 4.69) is 0 Å². The molecule has 4 heteroatoms. The normalized spacial score (nSPS) is 9.45. The van der Waals surface area contributed by atoms with Crippen LogP contribution in [0.2, 0.25) is 0 Å². The molecular weight excluding hydrogens is 388 g/mol. The molecule has 0 radical (unpaired) electrons. The molecule has 0 saturated carbocycles. The molecule has 31 heavy (non-hydrogen) atoms. The van der Waals surface area contributed by atoms with Crippen LogP contribution in [0.1, 0.15) is 23.6 Å². The molecule has 0 amide bonds. The van der Waals surface area contributed by atoms with E-state index in [-0.39, 0.29) is 5.97 Å². The average Bonchev–Trinajstić information content (AvgIpc) is 2.80. The molecule has 0 unspecified atom stereocenters. The van der Waals surface area contributed by atoms with Gasteiger partial charge in [-0.1, -0.05) is 97.1 Å². The Bertz CT molecular complexity index is 843. The Hall–Kier alpha value is -3.79. The van der Waals surface area contributed by atoms with Crippen LogP contribution in [-0.2, 0) is 32.0 Å². The molecule has 0 spiro atoms. The summed E-state index contributed by atoms with van der Waals surface area (Å²) in [7, 11) is 0. The maximum Gasteiger partial charge on any atom is 0.302 e. The third kappa shape index (κ3) is 13.9. The van der Waals surface area contributed by atoms with Crippen LogP contribution in [0, 0.1) is 0 Å². The van der Waals surface area contributed by atoms with Crippen molar-refractivity contribution < 1.29 is 19.1 Å². The summed E-state index contributed by atoms with van der Waals surface area (Å²) in [5, 5.41) is 0. The minimum Gasteiger partial charge on any atom is -0.462 e. The largest absolute Gasteiger partial charge is 0.462 e. The fourth-order valence-corrected chi connectivity index (χ4v) is 2.33. The van der Waals surface area contributed by atoms with Crippen LogP contribution < -0.4 is 0 Å². The van der Waals surface area contributed by atoms with E-state index in [1.807, 2.05) is 103 Å². The van der Waals surface area contributed by atoms with E-state index in [1.54, 1.807) is 0 Å². The third-order valence-electron chi connectivity index (χ3n) is 3.82. The number of carbonyl (C=O) groups is 3. The van der Waals surface area contributed by atoms with E-state index in [0.29, 0.717) is 19.4 Å². The lowest BCUT2D eigenvalue weighted by molar-refractivity contribution is -0.139. The highest BCUT2D eigenvalue weighted by atomic mass is 16.5. The van der Waals surface area contributed by atoms with Crippen LogP contribution in [0.4, 0.5) is 0 Å². The van der Waals surface area contributed by atoms with Gasteiger partial charge in [0.2, 0.25) is 0 Å². The van der Waals surface area contributed by atoms with Crippen molar-refractivity contribution in [1.29, 1.82) is 0 Å². The van der Waals surface area contributed by atoms with Gasteiger partial charge in [0, 0.05) is 19.8 Å². The summed E-state index contributed by atoms with van der Waals surface area (Å²) in [6, 6.07) is 29.2. The van der Waals surface area contributed by atoms with Gasteiger partial charge in [-0.25, -0.2) is 0 Å². The molecule has 0 aromatic heterocycles. The van der Waals surface area contributed by atoms with Crippen molar-refractivity contribution in [3.63, 3.8) is 0 Å². The number of rotatable bonds is 7. The predicted octanol–water partition coefficient (Wildman–Crippen LogP) is 5.12. The predicted molar refractivity (Wildman–Crippen MR) is 125 cm³/mol. The summed E-state index contributed by atoms with van der Waals surface area (Å²) < 4.78 is 4.74. The highest BCUT2D eigenvalue weighted by Crippen LogP contribution is 2.00. The second-order valence-electron chi connectivity index (χ2n) is 6.33. The summed E-state index contributed by atoms with van der Waals surface area (Å²) in [4.78, 5) is 30.3. The number of aldehydes is 2. The van der Waals surface area contributed by atoms with E-state index in [4.69, 9.17) is 4.74 Å². The highest BCUT2D eigenvalue weighted by Gasteiger charge is 1.87. The van der Waals surface area contributed by atoms with Crippen LogP contribution >= 0.6 is 0 Å². The summed E-state index contributed by atoms with van der Waals surface area (Å²) in [5.74, 6) is -0.252. The number of benzene rings is 3. The van der Waals surface area contributed by atoms with Crippen LogP contribution in [0.25, 0.3) is 6.08 Å². The standard InChI is InChI=1S/C11H12O2.2C8H8O/c1-10(12)13-9-5-8-11-6-3-2-4-7-11;2*9-7-6-8-4-2-1-3-5-8/h2-8H,9H2,1H3;2*1-5,7H,6H2. The van der Waals surface area contributed by atoms with Gasteiger partial charge >= 0.3 is 5.97 Å². The van der Waals surface area contributed by atoms with Crippen LogP contribution in [0.3, 0.4) is 0 Å². The Morgan fingerprint density at radius 3 is 1.52 bits per heavy atom. The molecule has 3 rings (SSSR count). The molecule has 0 N–H and O–H groups in total. The Labute approximate surface area is 184 Å². The molecule has 3 aromatic rings. The summed E-state index contributed by atoms with van der Waals surface area (Å²) in [5.41, 5.74) is 3.26. The molecule has 0 heterocycles. The number of carbonyl (C=O) groups excluding carboxylic acids is 3. The lowest BCUT2D eigenvalue weighted by Crippen LogP contribution is -1.97. The van der Waals surface area contributed by atoms with Crippen molar-refractivity contribution in [2.24, 2.45) is 0 Å². The van der Waals surface area contributed by atoms with Gasteiger partial charge in [-0.3, -0.25) is 4.79 Å². The molecule has 0 aliphatic heterocycles. The number of hydrogen-bond donors (Lipinski definition) is 0. The maximum absolute atomic E-state index is 10.4. The monoisotopic (exact) mass is 416 g/mol. The first-order chi connectivity index (χ1) is 15.2. The van der Waals surface area contributed by atoms with Crippen molar-refractivity contribution in [3.8, 4) is 0 Å². The lowest BCUT2D eigenvalue weighted by atomic mass is 10.2. The zero-order valence-corrected chi connectivity index (χ0v) is 17.7. The number of hydrogen-bond acceptors (Lipinski definition) is 4. The van der Waals surface area contributed by atoms with Gasteiger partial charge in [-0.15, -0.1) is 0 Å². The fourth-order valence-electron chi connectivity index (χ4n) is 2.33. The van der Waals surface area contributed by atoms with E-state index in [9.17, 15) is 14.4 Å². The molecule has 0 aliphatic rings. The second-order valence-corrected chi connectivity index (χ2v) is 6.33. The molecule has 160 valence electrons. The first kappa shape index (κ1) is 25.2. The van der Waals surface area contributed by atoms with Gasteiger partial charge in [-0.05, 0) is 22.8 Å². The van der Waals surface area contributed by atoms with Crippen molar-refractivity contribution >= 4 is 24.6 Å². The van der Waals surface area contributed by atoms with Crippen molar-refractivity contribution in [1.82, 2.24) is 0 Å². The minimum absolute atomic E-state index is 0.252. The van der Waals surface area contributed by atoms with Gasteiger partial charge in [0.25, 0.3) is 0 Å². The van der Waals surface area contributed by atoms with E-state index >= 15 is 0 Å². The van der Waals surface area contributed by atoms with Gasteiger partial charge < -0.3 is 14.3 Å². The maximum atomic E-state index is 10.4. The molecule has 0 atom stereocenters. The van der Waals surface area contributed by atoms with Crippen molar-refractivity contribution in [2.45, 2.75) is 19.8 Å². The molecular formula is C27H28O4. The smallest absolute Gasteiger partial charge is 0.302 e. The quantitative estimate of drug-likeness (QED) is 0.396.